The number of carbonyl (C=O) groups excluding carboxylic acids is 1. The smallest absolute Gasteiger partial charge is 0.280 e. The Balaban J connectivity index is 1.68. The molecule has 6 nitrogen and oxygen atoms in total. The van der Waals surface area contributed by atoms with Gasteiger partial charge < -0.3 is 10.1 Å². The van der Waals surface area contributed by atoms with Crippen LogP contribution in [0.5, 0.6) is 5.75 Å². The molecule has 1 amide bonds. The highest BCUT2D eigenvalue weighted by Gasteiger charge is 2.29. The molecule has 0 aliphatic carbocycles. The quantitative estimate of drug-likeness (QED) is 0.217. The maximum absolute atomic E-state index is 13.7. The van der Waals surface area contributed by atoms with E-state index >= 15 is 0 Å². The molecule has 37 heavy (non-hydrogen) atoms. The first-order chi connectivity index (χ1) is 17.9. The molecular weight excluding hydrogens is 514 g/mol. The van der Waals surface area contributed by atoms with Crippen LogP contribution in [0.25, 0.3) is 17.2 Å². The number of thioether (sulfide) groups is 1. The van der Waals surface area contributed by atoms with E-state index in [0.717, 1.165) is 11.1 Å². The summed E-state index contributed by atoms with van der Waals surface area (Å²) in [6.07, 6.45) is -1.09. The fourth-order valence-electron chi connectivity index (χ4n) is 3.88. The number of ether oxygens (including phenoxy) is 1. The van der Waals surface area contributed by atoms with Crippen molar-refractivity contribution >= 4 is 41.1 Å². The molecule has 1 saturated heterocycles. The summed E-state index contributed by atoms with van der Waals surface area (Å²) in [6.45, 7) is 2.30. The first-order valence-electron chi connectivity index (χ1n) is 11.3. The van der Waals surface area contributed by atoms with E-state index in [9.17, 15) is 18.8 Å². The molecule has 0 spiro atoms. The number of aromatic nitrogens is 1. The molecule has 188 valence electrons. The number of likely N-dealkylation sites (N-methyl/N-ethyl adjacent to an activating group) is 1. The van der Waals surface area contributed by atoms with Crippen molar-refractivity contribution in [3.8, 4) is 22.9 Å². The van der Waals surface area contributed by atoms with Gasteiger partial charge in [0, 0.05) is 23.4 Å². The van der Waals surface area contributed by atoms with Crippen molar-refractivity contribution in [2.45, 2.75) is 24.1 Å². The number of amides is 1. The van der Waals surface area contributed by atoms with Gasteiger partial charge in [-0.1, -0.05) is 36.4 Å². The number of nitrogens with zero attached hydrogens (tertiary/aromatic N) is 3. The van der Waals surface area contributed by atoms with Crippen LogP contribution in [-0.2, 0) is 10.5 Å². The number of carbonyl (C=O) groups is 1. The van der Waals surface area contributed by atoms with Crippen molar-refractivity contribution < 1.29 is 18.3 Å². The van der Waals surface area contributed by atoms with E-state index < -0.39 is 12.1 Å². The van der Waals surface area contributed by atoms with Gasteiger partial charge in [0.15, 0.2) is 5.11 Å². The first-order valence-corrected chi connectivity index (χ1v) is 12.7. The Morgan fingerprint density at radius 1 is 1.24 bits per heavy atom. The average molecular weight is 537 g/mol. The highest BCUT2D eigenvalue weighted by Crippen LogP contribution is 2.36. The van der Waals surface area contributed by atoms with Crippen LogP contribution < -0.4 is 10.1 Å². The van der Waals surface area contributed by atoms with Gasteiger partial charge in [-0.05, 0) is 54.5 Å². The van der Waals surface area contributed by atoms with E-state index in [4.69, 9.17) is 17.0 Å². The standard InChI is InChI=1S/C27H22F2N4O2S2/c1-3-33-26(34)22(32-27(33)36)12-16-9-10-23(35-2)18(11-16)15-37-25-20(14-30)19(13-21(31-25)24(28)29)17-7-5-4-6-8-17/h4-13,24H,3,15H2,1-2H3,(H,32,36)/b22-12+. The molecule has 2 aromatic carbocycles. The van der Waals surface area contributed by atoms with Crippen LogP contribution in [0.4, 0.5) is 8.78 Å². The molecule has 0 bridgehead atoms. The number of halogens is 2. The van der Waals surface area contributed by atoms with Crippen LogP contribution in [0.1, 0.15) is 35.7 Å². The molecule has 0 saturated carbocycles. The van der Waals surface area contributed by atoms with Crippen LogP contribution >= 0.6 is 24.0 Å². The maximum atomic E-state index is 13.7. The van der Waals surface area contributed by atoms with Crippen molar-refractivity contribution in [1.29, 1.82) is 5.26 Å². The van der Waals surface area contributed by atoms with Crippen molar-refractivity contribution in [2.75, 3.05) is 13.7 Å². The Morgan fingerprint density at radius 2 is 2.00 bits per heavy atom. The molecule has 2 heterocycles. The number of pyridine rings is 1. The third-order valence-electron chi connectivity index (χ3n) is 5.68. The third-order valence-corrected chi connectivity index (χ3v) is 7.03. The summed E-state index contributed by atoms with van der Waals surface area (Å²) in [5, 5.41) is 13.4. The Labute approximate surface area is 223 Å². The number of alkyl halides is 2. The number of hydrogen-bond acceptors (Lipinski definition) is 6. The van der Waals surface area contributed by atoms with Gasteiger partial charge in [0.1, 0.15) is 28.2 Å². The summed E-state index contributed by atoms with van der Waals surface area (Å²) in [5.74, 6) is 0.668. The normalized spacial score (nSPS) is 14.3. The monoisotopic (exact) mass is 536 g/mol. The maximum Gasteiger partial charge on any atom is 0.280 e. The second-order valence-corrected chi connectivity index (χ2v) is 9.30. The Hall–Kier alpha value is -3.81. The van der Waals surface area contributed by atoms with E-state index in [0.29, 0.717) is 40.0 Å². The first kappa shape index (κ1) is 26.3. The van der Waals surface area contributed by atoms with E-state index in [2.05, 4.69) is 16.4 Å². The van der Waals surface area contributed by atoms with Gasteiger partial charge in [-0.2, -0.15) is 5.26 Å². The largest absolute Gasteiger partial charge is 0.496 e. The predicted molar refractivity (Wildman–Crippen MR) is 143 cm³/mol. The van der Waals surface area contributed by atoms with Crippen LogP contribution in [0.2, 0.25) is 0 Å². The number of methoxy groups -OCH3 is 1. The summed E-state index contributed by atoms with van der Waals surface area (Å²) in [7, 11) is 1.53. The molecule has 3 aromatic rings. The van der Waals surface area contributed by atoms with Gasteiger partial charge in [-0.25, -0.2) is 13.8 Å². The highest BCUT2D eigenvalue weighted by atomic mass is 32.2. The lowest BCUT2D eigenvalue weighted by Crippen LogP contribution is -2.30. The molecule has 0 unspecified atom stereocenters. The molecule has 1 aliphatic rings. The minimum Gasteiger partial charge on any atom is -0.496 e. The van der Waals surface area contributed by atoms with E-state index in [1.165, 1.54) is 29.8 Å². The van der Waals surface area contributed by atoms with Crippen molar-refractivity contribution in [2.24, 2.45) is 0 Å². The molecule has 1 fully saturated rings. The Bertz CT molecular complexity index is 1420. The second kappa shape index (κ2) is 11.5. The topological polar surface area (TPSA) is 78.2 Å². The summed E-state index contributed by atoms with van der Waals surface area (Å²) >= 11 is 6.38. The number of nitriles is 1. The third kappa shape index (κ3) is 5.63. The van der Waals surface area contributed by atoms with E-state index in [1.807, 2.05) is 19.1 Å². The summed E-state index contributed by atoms with van der Waals surface area (Å²) in [4.78, 5) is 18.1. The van der Waals surface area contributed by atoms with Crippen LogP contribution in [0.15, 0.2) is 65.3 Å². The Kier molecular flexibility index (Phi) is 8.16. The summed E-state index contributed by atoms with van der Waals surface area (Å²) in [6, 6.07) is 17.7. The molecule has 0 atom stereocenters. The van der Waals surface area contributed by atoms with Gasteiger partial charge in [0.2, 0.25) is 0 Å². The number of rotatable bonds is 8. The number of nitrogens with one attached hydrogen (secondary N) is 1. The van der Waals surface area contributed by atoms with Crippen LogP contribution in [0, 0.1) is 11.3 Å². The van der Waals surface area contributed by atoms with Gasteiger partial charge in [-0.15, -0.1) is 11.8 Å². The SMILES string of the molecule is CCN1C(=O)/C(=C\c2ccc(OC)c(CSc3nc(C(F)F)cc(-c4ccccc4)c3C#N)c2)NC1=S. The molecule has 1 N–H and O–H groups in total. The van der Waals surface area contributed by atoms with E-state index in [-0.39, 0.29) is 16.5 Å². The zero-order chi connectivity index (χ0) is 26.5. The molecule has 1 aromatic heterocycles. The van der Waals surface area contributed by atoms with Crippen molar-refractivity contribution in [3.05, 3.63) is 82.7 Å². The summed E-state index contributed by atoms with van der Waals surface area (Å²) < 4.78 is 32.9. The minimum atomic E-state index is -2.79. The Morgan fingerprint density at radius 3 is 2.62 bits per heavy atom. The van der Waals surface area contributed by atoms with Gasteiger partial charge in [0.05, 0.1) is 12.7 Å². The highest BCUT2D eigenvalue weighted by molar-refractivity contribution is 7.98. The fraction of sp³-hybridized carbons (Fsp3) is 0.185. The van der Waals surface area contributed by atoms with Gasteiger partial charge in [-0.3, -0.25) is 9.69 Å². The van der Waals surface area contributed by atoms with Crippen molar-refractivity contribution in [3.63, 3.8) is 0 Å². The summed E-state index contributed by atoms with van der Waals surface area (Å²) in [5.41, 5.74) is 2.73. The number of hydrogen-bond donors (Lipinski definition) is 1. The molecule has 4 rings (SSSR count). The molecular formula is C27H22F2N4O2S2. The zero-order valence-corrected chi connectivity index (χ0v) is 21.6. The second-order valence-electron chi connectivity index (χ2n) is 7.95. The van der Waals surface area contributed by atoms with Gasteiger partial charge >= 0.3 is 0 Å². The number of thiocarbonyl (C=S) groups is 1. The van der Waals surface area contributed by atoms with E-state index in [1.54, 1.807) is 42.5 Å². The molecule has 0 radical (unpaired) electrons. The predicted octanol–water partition coefficient (Wildman–Crippen LogP) is 5.94. The average Bonchev–Trinajstić information content (AvgIpc) is 3.18. The fourth-order valence-corrected chi connectivity index (χ4v) is 5.19. The lowest BCUT2D eigenvalue weighted by atomic mass is 10.0. The van der Waals surface area contributed by atoms with Gasteiger partial charge in [0.25, 0.3) is 12.3 Å². The van der Waals surface area contributed by atoms with Crippen LogP contribution in [0.3, 0.4) is 0 Å². The zero-order valence-electron chi connectivity index (χ0n) is 20.0. The molecule has 10 heteroatoms. The lowest BCUT2D eigenvalue weighted by molar-refractivity contribution is -0.122. The van der Waals surface area contributed by atoms with Crippen molar-refractivity contribution in [1.82, 2.24) is 15.2 Å². The minimum absolute atomic E-state index is 0.209. The van der Waals surface area contributed by atoms with Crippen LogP contribution in [-0.4, -0.2) is 34.6 Å². The lowest BCUT2D eigenvalue weighted by Gasteiger charge is -2.13. The number of benzene rings is 2. The molecule has 1 aliphatic heterocycles.